The van der Waals surface area contributed by atoms with Crippen molar-refractivity contribution in [1.82, 2.24) is 14.8 Å². The van der Waals surface area contributed by atoms with Crippen molar-refractivity contribution in [2.24, 2.45) is 0 Å². The van der Waals surface area contributed by atoms with Crippen molar-refractivity contribution in [3.8, 4) is 34.4 Å². The van der Waals surface area contributed by atoms with Crippen LogP contribution in [0.2, 0.25) is 0 Å². The van der Waals surface area contributed by atoms with Gasteiger partial charge in [-0.3, -0.25) is 9.80 Å². The number of hydrogen-bond donors (Lipinski definition) is 2. The molecule has 0 radical (unpaired) electrons. The number of likely N-dealkylation sites (tertiary alicyclic amines) is 2. The van der Waals surface area contributed by atoms with Crippen LogP contribution in [0.4, 0.5) is 0 Å². The minimum Gasteiger partial charge on any atom is -0.496 e. The summed E-state index contributed by atoms with van der Waals surface area (Å²) in [5.41, 5.74) is 8.71. The van der Waals surface area contributed by atoms with Crippen LogP contribution in [-0.4, -0.2) is 77.6 Å². The summed E-state index contributed by atoms with van der Waals surface area (Å²) in [5.74, 6) is 2.47. The van der Waals surface area contributed by atoms with Crippen LogP contribution in [0, 0.1) is 13.8 Å². The van der Waals surface area contributed by atoms with Crippen molar-refractivity contribution < 1.29 is 29.2 Å². The Morgan fingerprint density at radius 3 is 1.78 bits per heavy atom. The maximum atomic E-state index is 9.94. The zero-order valence-electron chi connectivity index (χ0n) is 29.0. The molecule has 1 aromatic heterocycles. The summed E-state index contributed by atoms with van der Waals surface area (Å²) >= 11 is 7.37. The van der Waals surface area contributed by atoms with Gasteiger partial charge in [0.1, 0.15) is 24.7 Å². The van der Waals surface area contributed by atoms with Gasteiger partial charge in [0.25, 0.3) is 0 Å². The van der Waals surface area contributed by atoms with Crippen molar-refractivity contribution in [2.75, 3.05) is 40.4 Å². The van der Waals surface area contributed by atoms with Gasteiger partial charge in [-0.2, -0.15) is 4.98 Å². The van der Waals surface area contributed by atoms with E-state index in [0.717, 1.165) is 85.1 Å². The molecule has 3 aromatic carbocycles. The highest BCUT2D eigenvalue weighted by Crippen LogP contribution is 2.37. The number of β-amino-alcohol motifs (C(OH)–C–C–N with tert-alkyl or cyclic N) is 2. The molecule has 4 aromatic rings. The van der Waals surface area contributed by atoms with E-state index >= 15 is 0 Å². The number of halogens is 2. The summed E-state index contributed by atoms with van der Waals surface area (Å²) in [5, 5.41) is 19.9. The van der Waals surface area contributed by atoms with E-state index in [-0.39, 0.29) is 12.2 Å². The number of pyridine rings is 1. The van der Waals surface area contributed by atoms with E-state index in [9.17, 15) is 10.2 Å². The maximum absolute atomic E-state index is 9.94. The number of aliphatic hydroxyl groups is 2. The Labute approximate surface area is 311 Å². The van der Waals surface area contributed by atoms with Gasteiger partial charge in [0.2, 0.25) is 11.8 Å². The first kappa shape index (κ1) is 36.6. The molecule has 11 heteroatoms. The van der Waals surface area contributed by atoms with E-state index in [1.54, 1.807) is 14.2 Å². The standard InChI is InChI=1S/C39H45Br2N3O6/c1-24-26(22-49-37-17-36(47-3)28(15-34(37)40)18-43-13-11-30(45)20-43)7-5-9-32(24)33-10-6-8-27(25(33)2)23-50-39-35(41)16-29(38(42-39)48-4)19-44-14-12-31(46)21-44/h5-10,15-17,30-31,45-46H,11-14,18-23H2,1-4H3/t30-,31-/m0/s1. The molecule has 0 bridgehead atoms. The summed E-state index contributed by atoms with van der Waals surface area (Å²) in [6, 6.07) is 18.6. The highest BCUT2D eigenvalue weighted by molar-refractivity contribution is 9.10. The summed E-state index contributed by atoms with van der Waals surface area (Å²) < 4.78 is 25.6. The van der Waals surface area contributed by atoms with Gasteiger partial charge in [-0.15, -0.1) is 0 Å². The van der Waals surface area contributed by atoms with Gasteiger partial charge in [-0.1, -0.05) is 36.4 Å². The smallest absolute Gasteiger partial charge is 0.231 e. The third-order valence-electron chi connectivity index (χ3n) is 9.72. The molecule has 2 atom stereocenters. The van der Waals surface area contributed by atoms with Crippen LogP contribution in [0.15, 0.2) is 63.5 Å². The van der Waals surface area contributed by atoms with Crippen LogP contribution in [-0.2, 0) is 26.3 Å². The van der Waals surface area contributed by atoms with Crippen molar-refractivity contribution in [1.29, 1.82) is 0 Å². The first-order chi connectivity index (χ1) is 24.1. The third-order valence-corrected chi connectivity index (χ3v) is 10.9. The lowest BCUT2D eigenvalue weighted by atomic mass is 9.92. The quantitative estimate of drug-likeness (QED) is 0.146. The fourth-order valence-electron chi connectivity index (χ4n) is 6.84. The molecule has 9 nitrogen and oxygen atoms in total. The molecule has 0 amide bonds. The van der Waals surface area contributed by atoms with Crippen LogP contribution < -0.4 is 18.9 Å². The van der Waals surface area contributed by atoms with Crippen LogP contribution in [0.25, 0.3) is 11.1 Å². The minimum atomic E-state index is -0.281. The van der Waals surface area contributed by atoms with E-state index < -0.39 is 0 Å². The maximum Gasteiger partial charge on any atom is 0.231 e. The second kappa shape index (κ2) is 16.4. The van der Waals surface area contributed by atoms with Crippen molar-refractivity contribution >= 4 is 31.9 Å². The van der Waals surface area contributed by atoms with Crippen molar-refractivity contribution in [2.45, 2.75) is 65.2 Å². The molecule has 266 valence electrons. The highest BCUT2D eigenvalue weighted by atomic mass is 79.9. The number of aromatic nitrogens is 1. The number of benzene rings is 3. The molecule has 0 saturated carbocycles. The lowest BCUT2D eigenvalue weighted by Crippen LogP contribution is -2.22. The number of rotatable bonds is 13. The summed E-state index contributed by atoms with van der Waals surface area (Å²) in [4.78, 5) is 9.12. The molecular weight excluding hydrogens is 766 g/mol. The number of methoxy groups -OCH3 is 2. The summed E-state index contributed by atoms with van der Waals surface area (Å²) in [6.45, 7) is 9.41. The Kier molecular flexibility index (Phi) is 12.0. The fourth-order valence-corrected chi connectivity index (χ4v) is 7.83. The van der Waals surface area contributed by atoms with Crippen molar-refractivity contribution in [3.63, 3.8) is 0 Å². The number of nitrogens with zero attached hydrogens (tertiary/aromatic N) is 3. The zero-order chi connectivity index (χ0) is 35.4. The third kappa shape index (κ3) is 8.46. The monoisotopic (exact) mass is 809 g/mol. The van der Waals surface area contributed by atoms with Gasteiger partial charge < -0.3 is 29.2 Å². The molecule has 2 aliphatic heterocycles. The normalized spacial score (nSPS) is 18.1. The average molecular weight is 812 g/mol. The summed E-state index contributed by atoms with van der Waals surface area (Å²) in [7, 11) is 3.29. The number of ether oxygens (including phenoxy) is 4. The first-order valence-electron chi connectivity index (χ1n) is 17.0. The molecule has 0 aliphatic carbocycles. The number of aliphatic hydroxyl groups excluding tert-OH is 2. The second-order valence-corrected chi connectivity index (χ2v) is 14.9. The molecule has 6 rings (SSSR count). The van der Waals surface area contributed by atoms with Crippen LogP contribution in [0.3, 0.4) is 0 Å². The number of hydrogen-bond acceptors (Lipinski definition) is 9. The predicted octanol–water partition coefficient (Wildman–Crippen LogP) is 7.20. The van der Waals surface area contributed by atoms with Gasteiger partial charge in [0.15, 0.2) is 0 Å². The molecule has 2 saturated heterocycles. The Morgan fingerprint density at radius 1 is 0.680 bits per heavy atom. The first-order valence-corrected chi connectivity index (χ1v) is 18.6. The molecule has 50 heavy (non-hydrogen) atoms. The van der Waals surface area contributed by atoms with Crippen LogP contribution >= 0.6 is 31.9 Å². The Bertz CT molecular complexity index is 1690. The highest BCUT2D eigenvalue weighted by Gasteiger charge is 2.24. The predicted molar refractivity (Wildman–Crippen MR) is 201 cm³/mol. The lowest BCUT2D eigenvalue weighted by Gasteiger charge is -2.20. The lowest BCUT2D eigenvalue weighted by molar-refractivity contribution is 0.174. The molecule has 2 aliphatic rings. The molecule has 2 N–H and O–H groups in total. The average Bonchev–Trinajstić information content (AvgIpc) is 3.71. The molecule has 2 fully saturated rings. The Hall–Kier alpha value is -3.19. The van der Waals surface area contributed by atoms with E-state index in [0.29, 0.717) is 56.9 Å². The molecule has 3 heterocycles. The van der Waals surface area contributed by atoms with Gasteiger partial charge >= 0.3 is 0 Å². The fraction of sp³-hybridized carbons (Fsp3) is 0.410. The van der Waals surface area contributed by atoms with Crippen molar-refractivity contribution in [3.05, 3.63) is 96.9 Å². The van der Waals surface area contributed by atoms with Crippen LogP contribution in [0.5, 0.6) is 23.3 Å². The largest absolute Gasteiger partial charge is 0.496 e. The van der Waals surface area contributed by atoms with Gasteiger partial charge in [0, 0.05) is 56.5 Å². The van der Waals surface area contributed by atoms with Crippen LogP contribution in [0.1, 0.15) is 46.2 Å². The Morgan fingerprint density at radius 2 is 1.24 bits per heavy atom. The molecular formula is C39H45Br2N3O6. The van der Waals surface area contributed by atoms with Gasteiger partial charge in [-0.05, 0) is 104 Å². The SMILES string of the molecule is COc1cc(OCc2cccc(-c3cccc(COc4nc(OC)c(CN5CC[C@H](O)C5)cc4Br)c3C)c2C)c(Br)cc1CN1CC[C@H](O)C1. The Balaban J connectivity index is 1.15. The molecule has 0 unspecified atom stereocenters. The van der Waals surface area contributed by atoms with E-state index in [4.69, 9.17) is 18.9 Å². The van der Waals surface area contributed by atoms with E-state index in [2.05, 4.69) is 103 Å². The minimum absolute atomic E-state index is 0.263. The second-order valence-electron chi connectivity index (χ2n) is 13.2. The van der Waals surface area contributed by atoms with E-state index in [1.165, 1.54) is 0 Å². The van der Waals surface area contributed by atoms with Gasteiger partial charge in [-0.25, -0.2) is 0 Å². The topological polar surface area (TPSA) is 96.8 Å². The van der Waals surface area contributed by atoms with E-state index in [1.807, 2.05) is 12.1 Å². The van der Waals surface area contributed by atoms with Gasteiger partial charge in [0.05, 0.1) is 35.4 Å². The zero-order valence-corrected chi connectivity index (χ0v) is 32.2. The molecule has 0 spiro atoms. The summed E-state index contributed by atoms with van der Waals surface area (Å²) in [6.07, 6.45) is 1.04.